The van der Waals surface area contributed by atoms with Crippen LogP contribution in [0.1, 0.15) is 34.6 Å². The molecule has 3 nitrogen and oxygen atoms in total. The molecule has 0 spiro atoms. The number of hydrogen-bond donors (Lipinski definition) is 0. The molecule has 1 saturated carbocycles. The topological polar surface area (TPSA) is 33.2 Å². The first kappa shape index (κ1) is 9.65. The number of thiazole rings is 1. The molecular formula is C10H14N2OS. The zero-order valence-electron chi connectivity index (χ0n) is 8.49. The average molecular weight is 210 g/mol. The van der Waals surface area contributed by atoms with E-state index in [1.807, 2.05) is 6.92 Å². The second-order valence-electron chi connectivity index (χ2n) is 3.76. The molecule has 4 heteroatoms. The van der Waals surface area contributed by atoms with Gasteiger partial charge in [-0.2, -0.15) is 0 Å². The third kappa shape index (κ3) is 1.54. The predicted octanol–water partition coefficient (Wildman–Crippen LogP) is 2.25. The van der Waals surface area contributed by atoms with Crippen LogP contribution in [0.5, 0.6) is 0 Å². The molecule has 14 heavy (non-hydrogen) atoms. The maximum absolute atomic E-state index is 10.7. The average Bonchev–Trinajstić information content (AvgIpc) is 2.43. The number of carbonyl (C=O) groups excluding carboxylic acids is 1. The van der Waals surface area contributed by atoms with Crippen molar-refractivity contribution in [1.82, 2.24) is 4.98 Å². The highest BCUT2D eigenvalue weighted by atomic mass is 32.1. The quantitative estimate of drug-likeness (QED) is 0.717. The van der Waals surface area contributed by atoms with E-state index in [0.717, 1.165) is 22.0 Å². The Morgan fingerprint density at radius 1 is 1.57 bits per heavy atom. The molecule has 0 unspecified atom stereocenters. The lowest BCUT2D eigenvalue weighted by Crippen LogP contribution is -2.36. The lowest BCUT2D eigenvalue weighted by molar-refractivity contribution is 0.112. The van der Waals surface area contributed by atoms with Gasteiger partial charge in [-0.15, -0.1) is 0 Å². The Hall–Kier alpha value is -0.900. The maximum atomic E-state index is 10.7. The van der Waals surface area contributed by atoms with E-state index in [2.05, 4.69) is 16.9 Å². The molecule has 0 aromatic carbocycles. The van der Waals surface area contributed by atoms with Crippen LogP contribution in [0.25, 0.3) is 0 Å². The highest BCUT2D eigenvalue weighted by Crippen LogP contribution is 2.31. The van der Waals surface area contributed by atoms with Gasteiger partial charge < -0.3 is 4.90 Å². The van der Waals surface area contributed by atoms with Gasteiger partial charge >= 0.3 is 0 Å². The van der Waals surface area contributed by atoms with Crippen LogP contribution in [0.3, 0.4) is 0 Å². The number of aryl methyl sites for hydroxylation is 1. The van der Waals surface area contributed by atoms with Crippen molar-refractivity contribution in [2.24, 2.45) is 0 Å². The Morgan fingerprint density at radius 3 is 2.71 bits per heavy atom. The van der Waals surface area contributed by atoms with Crippen molar-refractivity contribution in [3.8, 4) is 0 Å². The molecule has 1 fully saturated rings. The maximum Gasteiger partial charge on any atom is 0.186 e. The van der Waals surface area contributed by atoms with E-state index in [1.165, 1.54) is 30.6 Å². The van der Waals surface area contributed by atoms with Gasteiger partial charge in [-0.1, -0.05) is 11.3 Å². The minimum absolute atomic E-state index is 0.639. The summed E-state index contributed by atoms with van der Waals surface area (Å²) in [7, 11) is 2.07. The van der Waals surface area contributed by atoms with Crippen LogP contribution >= 0.6 is 11.3 Å². The van der Waals surface area contributed by atoms with Crippen molar-refractivity contribution in [2.45, 2.75) is 32.2 Å². The Balaban J connectivity index is 2.18. The van der Waals surface area contributed by atoms with E-state index < -0.39 is 0 Å². The van der Waals surface area contributed by atoms with Crippen molar-refractivity contribution < 1.29 is 4.79 Å². The van der Waals surface area contributed by atoms with E-state index in [-0.39, 0.29) is 0 Å². The molecule has 1 aromatic heterocycles. The van der Waals surface area contributed by atoms with Crippen LogP contribution in [0.4, 0.5) is 5.13 Å². The van der Waals surface area contributed by atoms with Crippen LogP contribution in [0, 0.1) is 6.92 Å². The minimum Gasteiger partial charge on any atom is -0.348 e. The fraction of sp³-hybridized carbons (Fsp3) is 0.600. The molecule has 76 valence electrons. The van der Waals surface area contributed by atoms with Gasteiger partial charge in [0.05, 0.1) is 10.6 Å². The van der Waals surface area contributed by atoms with E-state index >= 15 is 0 Å². The summed E-state index contributed by atoms with van der Waals surface area (Å²) in [4.78, 5) is 18.0. The fourth-order valence-corrected chi connectivity index (χ4v) is 2.50. The molecule has 0 bridgehead atoms. The lowest BCUT2D eigenvalue weighted by Gasteiger charge is -2.34. The van der Waals surface area contributed by atoms with Crippen molar-refractivity contribution in [3.63, 3.8) is 0 Å². The van der Waals surface area contributed by atoms with E-state index in [0.29, 0.717) is 6.04 Å². The summed E-state index contributed by atoms with van der Waals surface area (Å²) in [5.74, 6) is 0. The molecule has 0 radical (unpaired) electrons. The SMILES string of the molecule is Cc1nc(N(C)C2CCC2)sc1C=O. The van der Waals surface area contributed by atoms with E-state index in [4.69, 9.17) is 0 Å². The summed E-state index contributed by atoms with van der Waals surface area (Å²) in [5.41, 5.74) is 0.853. The molecule has 1 heterocycles. The number of aldehydes is 1. The fourth-order valence-electron chi connectivity index (χ4n) is 1.58. The van der Waals surface area contributed by atoms with Crippen molar-refractivity contribution in [1.29, 1.82) is 0 Å². The van der Waals surface area contributed by atoms with Crippen LogP contribution in [0.15, 0.2) is 0 Å². The summed E-state index contributed by atoms with van der Waals surface area (Å²) in [6, 6.07) is 0.639. The first-order chi connectivity index (χ1) is 6.72. The standard InChI is InChI=1S/C10H14N2OS/c1-7-9(6-13)14-10(11-7)12(2)8-4-3-5-8/h6,8H,3-5H2,1-2H3. The minimum atomic E-state index is 0.639. The number of rotatable bonds is 3. The van der Waals surface area contributed by atoms with Crippen LogP contribution < -0.4 is 4.90 Å². The molecule has 0 amide bonds. The molecule has 1 aliphatic rings. The molecular weight excluding hydrogens is 196 g/mol. The third-order valence-electron chi connectivity index (χ3n) is 2.85. The van der Waals surface area contributed by atoms with Gasteiger partial charge in [0.25, 0.3) is 0 Å². The normalized spacial score (nSPS) is 16.4. The number of hydrogen-bond acceptors (Lipinski definition) is 4. The van der Waals surface area contributed by atoms with Crippen LogP contribution in [-0.4, -0.2) is 24.4 Å². The molecule has 0 saturated heterocycles. The van der Waals surface area contributed by atoms with E-state index in [9.17, 15) is 4.79 Å². The predicted molar refractivity (Wildman–Crippen MR) is 58.3 cm³/mol. The first-order valence-electron chi connectivity index (χ1n) is 4.88. The van der Waals surface area contributed by atoms with Crippen LogP contribution in [-0.2, 0) is 0 Å². The number of carbonyl (C=O) groups is 1. The summed E-state index contributed by atoms with van der Waals surface area (Å²) < 4.78 is 0. The van der Waals surface area contributed by atoms with Gasteiger partial charge in [0.15, 0.2) is 11.4 Å². The lowest BCUT2D eigenvalue weighted by atomic mass is 9.92. The Morgan fingerprint density at radius 2 is 2.29 bits per heavy atom. The molecule has 0 atom stereocenters. The molecule has 2 rings (SSSR count). The molecule has 0 N–H and O–H groups in total. The van der Waals surface area contributed by atoms with Gasteiger partial charge in [-0.05, 0) is 26.2 Å². The first-order valence-corrected chi connectivity index (χ1v) is 5.69. The van der Waals surface area contributed by atoms with Gasteiger partial charge in [-0.3, -0.25) is 4.79 Å². The van der Waals surface area contributed by atoms with Crippen LogP contribution in [0.2, 0.25) is 0 Å². The van der Waals surface area contributed by atoms with Gasteiger partial charge in [0, 0.05) is 13.1 Å². The van der Waals surface area contributed by atoms with Gasteiger partial charge in [-0.25, -0.2) is 4.98 Å². The number of anilines is 1. The highest BCUT2D eigenvalue weighted by molar-refractivity contribution is 7.17. The van der Waals surface area contributed by atoms with Gasteiger partial charge in [0.2, 0.25) is 0 Å². The Bertz CT molecular complexity index is 344. The number of aromatic nitrogens is 1. The van der Waals surface area contributed by atoms with Gasteiger partial charge in [0.1, 0.15) is 0 Å². The summed E-state index contributed by atoms with van der Waals surface area (Å²) in [6.45, 7) is 1.89. The third-order valence-corrected chi connectivity index (χ3v) is 4.03. The Kier molecular flexibility index (Phi) is 2.54. The van der Waals surface area contributed by atoms with Crippen molar-refractivity contribution >= 4 is 22.8 Å². The highest BCUT2D eigenvalue weighted by Gasteiger charge is 2.24. The van der Waals surface area contributed by atoms with Crippen molar-refractivity contribution in [3.05, 3.63) is 10.6 Å². The summed E-state index contributed by atoms with van der Waals surface area (Å²) >= 11 is 1.49. The number of nitrogens with zero attached hydrogens (tertiary/aromatic N) is 2. The van der Waals surface area contributed by atoms with E-state index in [1.54, 1.807) is 0 Å². The smallest absolute Gasteiger partial charge is 0.186 e. The van der Waals surface area contributed by atoms with Crippen molar-refractivity contribution in [2.75, 3.05) is 11.9 Å². The summed E-state index contributed by atoms with van der Waals surface area (Å²) in [5, 5.41) is 0.981. The summed E-state index contributed by atoms with van der Waals surface area (Å²) in [6.07, 6.45) is 4.72. The second kappa shape index (κ2) is 3.69. The molecule has 1 aromatic rings. The zero-order chi connectivity index (χ0) is 10.1. The zero-order valence-corrected chi connectivity index (χ0v) is 9.30. The molecule has 1 aliphatic carbocycles. The largest absolute Gasteiger partial charge is 0.348 e. The Labute approximate surface area is 87.8 Å². The monoisotopic (exact) mass is 210 g/mol. The second-order valence-corrected chi connectivity index (χ2v) is 4.77. The molecule has 0 aliphatic heterocycles.